The predicted molar refractivity (Wildman–Crippen MR) is 166 cm³/mol. The van der Waals surface area contributed by atoms with Crippen molar-refractivity contribution in [3.63, 3.8) is 0 Å². The molecule has 0 aliphatic carbocycles. The van der Waals surface area contributed by atoms with Gasteiger partial charge in [-0.3, -0.25) is 4.79 Å². The number of aromatic nitrogens is 2. The molecule has 2 aliphatic rings. The third-order valence-electron chi connectivity index (χ3n) is 7.79. The Morgan fingerprint density at radius 2 is 1.86 bits per heavy atom. The second kappa shape index (κ2) is 12.3. The van der Waals surface area contributed by atoms with Crippen molar-refractivity contribution < 1.29 is 38.0 Å². The number of thioether (sulfide) groups is 1. The van der Waals surface area contributed by atoms with Gasteiger partial charge in [0, 0.05) is 31.5 Å². The van der Waals surface area contributed by atoms with Crippen LogP contribution in [-0.4, -0.2) is 59.5 Å². The number of nitrogens with zero attached hydrogens (tertiary/aromatic N) is 2. The van der Waals surface area contributed by atoms with E-state index in [-0.39, 0.29) is 19.4 Å². The van der Waals surface area contributed by atoms with Gasteiger partial charge in [0.1, 0.15) is 32.4 Å². The Morgan fingerprint density at radius 3 is 2.57 bits per heavy atom. The Labute approximate surface area is 262 Å². The average Bonchev–Trinajstić information content (AvgIpc) is 3.24. The number of methoxy groups -OCH3 is 2. The Morgan fingerprint density at radius 1 is 1.09 bits per heavy atom. The summed E-state index contributed by atoms with van der Waals surface area (Å²) in [4.78, 5) is 31.5. The van der Waals surface area contributed by atoms with Gasteiger partial charge in [0.25, 0.3) is 0 Å². The summed E-state index contributed by atoms with van der Waals surface area (Å²) in [5, 5.41) is 0. The van der Waals surface area contributed by atoms with Gasteiger partial charge in [-0.05, 0) is 57.0 Å². The number of hydrogen-bond donors (Lipinski definition) is 0. The quantitative estimate of drug-likeness (QED) is 0.193. The zero-order valence-corrected chi connectivity index (χ0v) is 27.2. The van der Waals surface area contributed by atoms with Gasteiger partial charge >= 0.3 is 11.9 Å². The molecule has 1 saturated heterocycles. The molecular weight excluding hydrogens is 584 g/mol. The van der Waals surface area contributed by atoms with E-state index in [1.807, 2.05) is 43.6 Å². The molecular formula is C33H40N2O8S. The maximum Gasteiger partial charge on any atom is 0.344 e. The summed E-state index contributed by atoms with van der Waals surface area (Å²) in [6.07, 6.45) is 4.97. The van der Waals surface area contributed by atoms with Crippen molar-refractivity contribution in [3.8, 4) is 23.0 Å². The lowest BCUT2D eigenvalue weighted by Gasteiger charge is -2.26. The van der Waals surface area contributed by atoms with Crippen molar-refractivity contribution in [3.05, 3.63) is 65.2 Å². The van der Waals surface area contributed by atoms with Crippen molar-refractivity contribution in [2.45, 2.75) is 68.5 Å². The summed E-state index contributed by atoms with van der Waals surface area (Å²) in [6.45, 7) is 7.38. The van der Waals surface area contributed by atoms with E-state index in [2.05, 4.69) is 11.5 Å². The van der Waals surface area contributed by atoms with Crippen LogP contribution in [0.1, 0.15) is 63.2 Å². The number of fused-ring (bicyclic) bond motifs is 1. The third kappa shape index (κ3) is 5.81. The molecule has 3 heterocycles. The van der Waals surface area contributed by atoms with Crippen molar-refractivity contribution in [1.29, 1.82) is 0 Å². The highest BCUT2D eigenvalue weighted by molar-refractivity contribution is 8.10. The highest BCUT2D eigenvalue weighted by atomic mass is 32.2. The molecule has 3 aromatic rings. The molecule has 0 amide bonds. The number of aryl methyl sites for hydroxylation is 1. The number of ether oxygens (including phenoxy) is 6. The molecule has 0 radical (unpaired) electrons. The number of esters is 2. The number of benzene rings is 2. The predicted octanol–water partition coefficient (Wildman–Crippen LogP) is 5.37. The van der Waals surface area contributed by atoms with Crippen LogP contribution in [0, 0.1) is 0 Å². The maximum atomic E-state index is 14.0. The number of rotatable bonds is 12. The van der Waals surface area contributed by atoms with Crippen LogP contribution in [0.15, 0.2) is 42.6 Å². The fraction of sp³-hybridized carbons (Fsp3) is 0.485. The summed E-state index contributed by atoms with van der Waals surface area (Å²) < 4.78 is 33.9. The van der Waals surface area contributed by atoms with E-state index in [1.54, 1.807) is 33.9 Å². The molecule has 10 nitrogen and oxygen atoms in total. The third-order valence-corrected chi connectivity index (χ3v) is 9.64. The second-order valence-corrected chi connectivity index (χ2v) is 13.4. The first-order chi connectivity index (χ1) is 21.0. The lowest BCUT2D eigenvalue weighted by molar-refractivity contribution is -0.157. The minimum atomic E-state index is -1.09. The molecule has 2 unspecified atom stereocenters. The van der Waals surface area contributed by atoms with Crippen LogP contribution in [0.3, 0.4) is 0 Å². The Hall–Kier alpha value is -3.86. The van der Waals surface area contributed by atoms with E-state index in [0.717, 1.165) is 36.3 Å². The lowest BCUT2D eigenvalue weighted by Crippen LogP contribution is -2.38. The molecule has 2 aromatic carbocycles. The van der Waals surface area contributed by atoms with Crippen LogP contribution in [0.4, 0.5) is 0 Å². The Balaban J connectivity index is 1.65. The van der Waals surface area contributed by atoms with Crippen LogP contribution in [0.5, 0.6) is 23.0 Å². The van der Waals surface area contributed by atoms with E-state index in [9.17, 15) is 9.59 Å². The van der Waals surface area contributed by atoms with E-state index >= 15 is 0 Å². The number of unbranched alkanes of at least 4 members (excludes halogenated alkanes) is 1. The minimum Gasteiger partial charge on any atom is -0.497 e. The molecule has 0 saturated carbocycles. The smallest absolute Gasteiger partial charge is 0.344 e. The number of carbonyl (C=O) groups excluding carboxylic acids is 2. The Kier molecular flexibility index (Phi) is 8.80. The van der Waals surface area contributed by atoms with E-state index in [0.29, 0.717) is 35.0 Å². The molecule has 1 fully saturated rings. The highest BCUT2D eigenvalue weighted by Crippen LogP contribution is 2.76. The zero-order chi connectivity index (χ0) is 31.7. The summed E-state index contributed by atoms with van der Waals surface area (Å²) in [7, 11) is 4.94. The van der Waals surface area contributed by atoms with Gasteiger partial charge in [0.2, 0.25) is 6.79 Å². The summed E-state index contributed by atoms with van der Waals surface area (Å²) >= 11 is 1.48. The first-order valence-corrected chi connectivity index (χ1v) is 15.5. The first kappa shape index (κ1) is 31.6. The summed E-state index contributed by atoms with van der Waals surface area (Å²) in [6, 6.07) is 11.1. The van der Waals surface area contributed by atoms with Gasteiger partial charge < -0.3 is 33.0 Å². The van der Waals surface area contributed by atoms with E-state index in [4.69, 9.17) is 33.4 Å². The van der Waals surface area contributed by atoms with Gasteiger partial charge in [0.15, 0.2) is 18.1 Å². The van der Waals surface area contributed by atoms with Crippen molar-refractivity contribution in [2.24, 2.45) is 7.05 Å². The van der Waals surface area contributed by atoms with Crippen LogP contribution in [0.2, 0.25) is 0 Å². The Bertz CT molecular complexity index is 1550. The van der Waals surface area contributed by atoms with Crippen molar-refractivity contribution in [2.75, 3.05) is 27.6 Å². The number of carbonyl (C=O) groups is 2. The monoisotopic (exact) mass is 624 g/mol. The van der Waals surface area contributed by atoms with Gasteiger partial charge in [-0.25, -0.2) is 9.78 Å². The minimum absolute atomic E-state index is 0.152. The van der Waals surface area contributed by atoms with Crippen LogP contribution in [0.25, 0.3) is 0 Å². The summed E-state index contributed by atoms with van der Waals surface area (Å²) in [5.41, 5.74) is 1.74. The average molecular weight is 625 g/mol. The fourth-order valence-corrected chi connectivity index (χ4v) is 7.54. The molecule has 1 aromatic heterocycles. The largest absolute Gasteiger partial charge is 0.497 e. The topological polar surface area (TPSA) is 107 Å². The normalized spacial score (nSPS) is 20.2. The van der Waals surface area contributed by atoms with Crippen molar-refractivity contribution >= 4 is 23.7 Å². The zero-order valence-electron chi connectivity index (χ0n) is 26.4. The first-order valence-electron chi connectivity index (χ1n) is 14.7. The van der Waals surface area contributed by atoms with Crippen LogP contribution >= 0.6 is 11.8 Å². The molecule has 0 N–H and O–H groups in total. The highest BCUT2D eigenvalue weighted by Gasteiger charge is 2.77. The molecule has 2 aliphatic heterocycles. The number of imidazole rings is 1. The molecule has 2 atom stereocenters. The lowest BCUT2D eigenvalue weighted by atomic mass is 9.79. The van der Waals surface area contributed by atoms with Gasteiger partial charge in [-0.15, -0.1) is 11.8 Å². The molecule has 236 valence electrons. The SMILES string of the molecule is CCCCc1ncc(C2(c3ccc(OC)cc3OCC(=O)OC(C)(C)C)SC2(Cc2ccc3c(c2)OCO3)C(=O)OC)n1C. The number of hydrogen-bond acceptors (Lipinski definition) is 10. The van der Waals surface area contributed by atoms with E-state index in [1.165, 1.54) is 18.9 Å². The van der Waals surface area contributed by atoms with Crippen LogP contribution < -0.4 is 18.9 Å². The molecule has 11 heteroatoms. The van der Waals surface area contributed by atoms with Gasteiger partial charge in [-0.1, -0.05) is 19.4 Å². The van der Waals surface area contributed by atoms with Gasteiger partial charge in [-0.2, -0.15) is 0 Å². The molecule has 44 heavy (non-hydrogen) atoms. The van der Waals surface area contributed by atoms with Gasteiger partial charge in [0.05, 0.1) is 26.1 Å². The maximum absolute atomic E-state index is 14.0. The molecule has 5 rings (SSSR count). The van der Waals surface area contributed by atoms with E-state index < -0.39 is 21.1 Å². The second-order valence-electron chi connectivity index (χ2n) is 11.9. The summed E-state index contributed by atoms with van der Waals surface area (Å²) in [5.74, 6) is 2.26. The fourth-order valence-electron chi connectivity index (χ4n) is 5.72. The van der Waals surface area contributed by atoms with Crippen LogP contribution in [-0.2, 0) is 43.7 Å². The van der Waals surface area contributed by atoms with Crippen molar-refractivity contribution in [1.82, 2.24) is 9.55 Å². The molecule has 0 spiro atoms. The molecule has 0 bridgehead atoms. The standard InChI is InChI=1S/C33H40N2O8S/c1-8-9-10-28-34-18-27(35(28)5)33(23-13-12-22(38-6)16-25(23)40-19-29(36)43-31(2,3)4)32(44-33,30(37)39-7)17-21-11-14-24-26(15-21)42-20-41-24/h11-16,18H,8-10,17,19-20H2,1-7H3.